The number of nitrogen functional groups attached to an aromatic ring is 1. The normalized spacial score (nSPS) is 14.1. The lowest BCUT2D eigenvalue weighted by Gasteiger charge is -2.13. The van der Waals surface area contributed by atoms with E-state index < -0.39 is 0 Å². The lowest BCUT2D eigenvalue weighted by Crippen LogP contribution is -2.35. The summed E-state index contributed by atoms with van der Waals surface area (Å²) in [6, 6.07) is 4.88. The van der Waals surface area contributed by atoms with Crippen LogP contribution >= 0.6 is 0 Å². The third kappa shape index (κ3) is 6.01. The molecule has 8 nitrogen and oxygen atoms in total. The number of carbonyl (C=O) groups excluding carboxylic acids is 1. The molecule has 1 aliphatic rings. The molecule has 142 valence electrons. The van der Waals surface area contributed by atoms with E-state index in [0.29, 0.717) is 29.8 Å². The molecule has 0 bridgehead atoms. The van der Waals surface area contributed by atoms with Gasteiger partial charge in [0.15, 0.2) is 5.82 Å². The molecule has 2 amide bonds. The molecule has 0 radical (unpaired) electrons. The highest BCUT2D eigenvalue weighted by Gasteiger charge is 2.22. The summed E-state index contributed by atoms with van der Waals surface area (Å²) >= 11 is 0. The van der Waals surface area contributed by atoms with Crippen LogP contribution in [0.3, 0.4) is 0 Å². The number of rotatable bonds is 6. The number of nitrogens with one attached hydrogen (secondary N) is 2. The molecule has 1 unspecified atom stereocenters. The summed E-state index contributed by atoms with van der Waals surface area (Å²) in [6.45, 7) is 3.17. The lowest BCUT2D eigenvalue weighted by atomic mass is 10.2. The highest BCUT2D eigenvalue weighted by atomic mass is 16.5. The van der Waals surface area contributed by atoms with Crippen molar-refractivity contribution < 1.29 is 9.53 Å². The molecule has 4 N–H and O–H groups in total. The fourth-order valence-corrected chi connectivity index (χ4v) is 2.30. The molecule has 1 atom stereocenters. The maximum absolute atomic E-state index is 12.0. The summed E-state index contributed by atoms with van der Waals surface area (Å²) in [5, 5.41) is 9.74. The molecule has 0 spiro atoms. The molecular formula is C19H24N6O2. The third-order valence-electron chi connectivity index (χ3n) is 4.11. The van der Waals surface area contributed by atoms with Crippen LogP contribution in [0.5, 0.6) is 0 Å². The van der Waals surface area contributed by atoms with E-state index in [1.807, 2.05) is 6.92 Å². The number of carbonyl (C=O) groups is 1. The lowest BCUT2D eigenvalue weighted by molar-refractivity contribution is 0.0601. The van der Waals surface area contributed by atoms with Crippen LogP contribution in [-0.4, -0.2) is 40.1 Å². The van der Waals surface area contributed by atoms with Crippen molar-refractivity contribution in [2.45, 2.75) is 25.9 Å². The number of ether oxygens (including phenoxy) is 1. The Balaban J connectivity index is 1.49. The van der Waals surface area contributed by atoms with Crippen LogP contribution in [-0.2, 0) is 11.8 Å². The van der Waals surface area contributed by atoms with Crippen LogP contribution in [0, 0.1) is 17.8 Å². The molecular weight excluding hydrogens is 344 g/mol. The monoisotopic (exact) mass is 368 g/mol. The molecule has 1 fully saturated rings. The standard InChI is InChI=1S/C19H24N6O2/c1-13(27-12-15-3-4-15)10-22-19(26)23-18-9-16(25(2)24-18)7-5-14-6-8-17(20)21-11-14/h6,8-9,11,13,15H,3-4,10,12H2,1-2H3,(H2,20,21)(H2,22,23,24,26). The molecule has 2 aromatic rings. The molecule has 0 aromatic carbocycles. The maximum atomic E-state index is 12.0. The topological polar surface area (TPSA) is 107 Å². The summed E-state index contributed by atoms with van der Waals surface area (Å²) in [6.07, 6.45) is 4.09. The molecule has 2 aromatic heterocycles. The number of aromatic nitrogens is 3. The molecule has 0 aliphatic heterocycles. The Morgan fingerprint density at radius 1 is 1.44 bits per heavy atom. The third-order valence-corrected chi connectivity index (χ3v) is 4.11. The van der Waals surface area contributed by atoms with Crippen LogP contribution in [0.15, 0.2) is 24.4 Å². The van der Waals surface area contributed by atoms with E-state index in [9.17, 15) is 4.79 Å². The van der Waals surface area contributed by atoms with Crippen molar-refractivity contribution in [1.82, 2.24) is 20.1 Å². The van der Waals surface area contributed by atoms with Crippen LogP contribution < -0.4 is 16.4 Å². The van der Waals surface area contributed by atoms with Crippen molar-refractivity contribution in [2.24, 2.45) is 13.0 Å². The van der Waals surface area contributed by atoms with Gasteiger partial charge in [0.25, 0.3) is 0 Å². The van der Waals surface area contributed by atoms with Crippen LogP contribution in [0.1, 0.15) is 31.0 Å². The van der Waals surface area contributed by atoms with Gasteiger partial charge in [-0.1, -0.05) is 5.92 Å². The zero-order chi connectivity index (χ0) is 19.2. The van der Waals surface area contributed by atoms with Gasteiger partial charge in [-0.15, -0.1) is 0 Å². The number of pyridine rings is 1. The van der Waals surface area contributed by atoms with Crippen LogP contribution in [0.2, 0.25) is 0 Å². The van der Waals surface area contributed by atoms with Gasteiger partial charge in [0.1, 0.15) is 11.5 Å². The number of urea groups is 1. The van der Waals surface area contributed by atoms with Crippen molar-refractivity contribution in [2.75, 3.05) is 24.2 Å². The summed E-state index contributed by atoms with van der Waals surface area (Å²) < 4.78 is 7.28. The number of nitrogens with two attached hydrogens (primary N) is 1. The van der Waals surface area contributed by atoms with Crippen molar-refractivity contribution in [3.63, 3.8) is 0 Å². The van der Waals surface area contributed by atoms with E-state index in [4.69, 9.17) is 10.5 Å². The van der Waals surface area contributed by atoms with Crippen molar-refractivity contribution in [3.8, 4) is 11.8 Å². The molecule has 3 rings (SSSR count). The average Bonchev–Trinajstić information content (AvgIpc) is 3.41. The molecule has 1 saturated carbocycles. The largest absolute Gasteiger partial charge is 0.384 e. The summed E-state index contributed by atoms with van der Waals surface area (Å²) in [5.74, 6) is 7.58. The van der Waals surface area contributed by atoms with Crippen LogP contribution in [0.4, 0.5) is 16.4 Å². The average molecular weight is 368 g/mol. The van der Waals surface area contributed by atoms with Crippen molar-refractivity contribution in [3.05, 3.63) is 35.7 Å². The highest BCUT2D eigenvalue weighted by Crippen LogP contribution is 2.29. The van der Waals surface area contributed by atoms with Gasteiger partial charge in [-0.2, -0.15) is 5.10 Å². The molecule has 27 heavy (non-hydrogen) atoms. The fraction of sp³-hybridized carbons (Fsp3) is 0.421. The second-order valence-corrected chi connectivity index (χ2v) is 6.68. The van der Waals surface area contributed by atoms with Gasteiger partial charge in [-0.3, -0.25) is 10.00 Å². The minimum Gasteiger partial charge on any atom is -0.384 e. The van der Waals surface area contributed by atoms with Gasteiger partial charge in [0.05, 0.1) is 6.10 Å². The second kappa shape index (κ2) is 8.56. The first-order valence-electron chi connectivity index (χ1n) is 8.93. The second-order valence-electron chi connectivity index (χ2n) is 6.68. The van der Waals surface area contributed by atoms with Crippen molar-refractivity contribution >= 4 is 17.7 Å². The van der Waals surface area contributed by atoms with Gasteiger partial charge in [0, 0.05) is 38.0 Å². The fourth-order valence-electron chi connectivity index (χ4n) is 2.30. The van der Waals surface area contributed by atoms with E-state index in [1.165, 1.54) is 12.8 Å². The Labute approximate surface area is 158 Å². The first-order chi connectivity index (χ1) is 13.0. The van der Waals surface area contributed by atoms with Crippen molar-refractivity contribution in [1.29, 1.82) is 0 Å². The van der Waals surface area contributed by atoms with Gasteiger partial charge in [0.2, 0.25) is 0 Å². The quantitative estimate of drug-likeness (QED) is 0.673. The van der Waals surface area contributed by atoms with Gasteiger partial charge in [-0.25, -0.2) is 9.78 Å². The number of aryl methyl sites for hydroxylation is 1. The summed E-state index contributed by atoms with van der Waals surface area (Å²) in [7, 11) is 1.77. The summed E-state index contributed by atoms with van der Waals surface area (Å²) in [4.78, 5) is 16.0. The van der Waals surface area contributed by atoms with E-state index in [2.05, 4.69) is 32.6 Å². The maximum Gasteiger partial charge on any atom is 0.320 e. The van der Waals surface area contributed by atoms with Crippen LogP contribution in [0.25, 0.3) is 0 Å². The number of anilines is 2. The molecule has 1 aliphatic carbocycles. The molecule has 8 heteroatoms. The van der Waals surface area contributed by atoms with Gasteiger partial charge >= 0.3 is 6.03 Å². The zero-order valence-corrected chi connectivity index (χ0v) is 15.5. The van der Waals surface area contributed by atoms with Gasteiger partial charge < -0.3 is 15.8 Å². The number of hydrogen-bond donors (Lipinski definition) is 3. The number of nitrogens with zero attached hydrogens (tertiary/aromatic N) is 3. The Bertz CT molecular complexity index is 845. The Kier molecular flexibility index (Phi) is 5.94. The van der Waals surface area contributed by atoms with E-state index in [-0.39, 0.29) is 12.1 Å². The molecule has 0 saturated heterocycles. The minimum atomic E-state index is -0.322. The number of amides is 2. The minimum absolute atomic E-state index is 0.0185. The van der Waals surface area contributed by atoms with E-state index >= 15 is 0 Å². The summed E-state index contributed by atoms with van der Waals surface area (Å²) in [5.41, 5.74) is 6.97. The predicted octanol–water partition coefficient (Wildman–Crippen LogP) is 1.73. The Hall–Kier alpha value is -3.05. The number of hydrogen-bond acceptors (Lipinski definition) is 5. The molecule has 2 heterocycles. The zero-order valence-electron chi connectivity index (χ0n) is 15.5. The Morgan fingerprint density at radius 2 is 2.26 bits per heavy atom. The smallest absolute Gasteiger partial charge is 0.320 e. The SMILES string of the molecule is CC(CNC(=O)Nc1cc(C#Cc2ccc(N)nc2)n(C)n1)OCC1CC1. The first kappa shape index (κ1) is 18.7. The first-order valence-corrected chi connectivity index (χ1v) is 8.93. The predicted molar refractivity (Wildman–Crippen MR) is 103 cm³/mol. The van der Waals surface area contributed by atoms with E-state index in [0.717, 1.165) is 12.2 Å². The van der Waals surface area contributed by atoms with E-state index in [1.54, 1.807) is 36.1 Å². The Morgan fingerprint density at radius 3 is 2.96 bits per heavy atom. The highest BCUT2D eigenvalue weighted by molar-refractivity contribution is 5.88. The van der Waals surface area contributed by atoms with Gasteiger partial charge in [-0.05, 0) is 43.7 Å².